The molecule has 0 saturated carbocycles. The summed E-state index contributed by atoms with van der Waals surface area (Å²) < 4.78 is 4.87. The molecule has 2 aromatic heterocycles. The Morgan fingerprint density at radius 1 is 1.09 bits per heavy atom. The summed E-state index contributed by atoms with van der Waals surface area (Å²) in [4.78, 5) is 36.0. The van der Waals surface area contributed by atoms with Gasteiger partial charge in [-0.25, -0.2) is 4.98 Å². The third kappa shape index (κ3) is 4.98. The van der Waals surface area contributed by atoms with Crippen LogP contribution in [0.15, 0.2) is 48.7 Å². The molecule has 4 rings (SSSR count). The van der Waals surface area contributed by atoms with Gasteiger partial charge in [0.05, 0.1) is 17.0 Å². The van der Waals surface area contributed by atoms with Gasteiger partial charge in [0, 0.05) is 23.6 Å². The van der Waals surface area contributed by atoms with E-state index in [9.17, 15) is 9.59 Å². The minimum absolute atomic E-state index is 0.124. The Morgan fingerprint density at radius 2 is 1.82 bits per heavy atom. The van der Waals surface area contributed by atoms with E-state index in [0.717, 1.165) is 43.0 Å². The molecule has 0 aliphatic carbocycles. The van der Waals surface area contributed by atoms with Crippen molar-refractivity contribution in [3.05, 3.63) is 76.1 Å². The number of ether oxygens (including phenoxy) is 1. The highest BCUT2D eigenvalue weighted by molar-refractivity contribution is 7.15. The number of aromatic amines is 1. The van der Waals surface area contributed by atoms with Gasteiger partial charge in [0.1, 0.15) is 12.2 Å². The number of benzene rings is 2. The molecular weight excluding hydrogens is 434 g/mol. The van der Waals surface area contributed by atoms with Crippen molar-refractivity contribution in [2.45, 2.75) is 27.2 Å². The van der Waals surface area contributed by atoms with Gasteiger partial charge in [-0.2, -0.15) is 0 Å². The monoisotopic (exact) mass is 461 g/mol. The molecule has 2 heterocycles. The van der Waals surface area contributed by atoms with Crippen LogP contribution in [0, 0.1) is 20.8 Å². The second kappa shape index (κ2) is 9.58. The zero-order chi connectivity index (χ0) is 23.5. The average molecular weight is 462 g/mol. The van der Waals surface area contributed by atoms with Crippen molar-refractivity contribution in [3.8, 4) is 10.4 Å². The van der Waals surface area contributed by atoms with Crippen molar-refractivity contribution < 1.29 is 14.3 Å². The molecule has 1 amide bonds. The van der Waals surface area contributed by atoms with Gasteiger partial charge in [-0.15, -0.1) is 11.3 Å². The number of hydrogen-bond donors (Lipinski definition) is 1. The smallest absolute Gasteiger partial charge is 0.325 e. The van der Waals surface area contributed by atoms with Gasteiger partial charge in [0.25, 0.3) is 5.91 Å². The third-order valence-electron chi connectivity index (χ3n) is 5.58. The zero-order valence-electron chi connectivity index (χ0n) is 19.3. The Kier molecular flexibility index (Phi) is 6.60. The summed E-state index contributed by atoms with van der Waals surface area (Å²) in [5.74, 6) is -0.721. The normalized spacial score (nSPS) is 11.0. The third-order valence-corrected chi connectivity index (χ3v) is 6.60. The van der Waals surface area contributed by atoms with Crippen molar-refractivity contribution in [2.75, 3.05) is 20.2 Å². The average Bonchev–Trinajstić information content (AvgIpc) is 3.38. The zero-order valence-corrected chi connectivity index (χ0v) is 20.1. The fourth-order valence-corrected chi connectivity index (χ4v) is 4.99. The number of carbonyl (C=O) groups is 2. The molecule has 0 saturated heterocycles. The predicted molar refractivity (Wildman–Crippen MR) is 132 cm³/mol. The molecule has 0 fully saturated rings. The van der Waals surface area contributed by atoms with Gasteiger partial charge < -0.3 is 14.6 Å². The number of thiazole rings is 1. The molecule has 7 heteroatoms. The standard InChI is InChI=1S/C26H27N3O3S/c1-16-11-17(2)13-20(12-16)25-24(28-18(3)33-25)26(31)29(15-23(30)32-4)10-9-19-14-27-22-8-6-5-7-21(19)22/h5-8,11-14,27H,9-10,15H2,1-4H3. The van der Waals surface area contributed by atoms with Crippen LogP contribution in [0.2, 0.25) is 0 Å². The van der Waals surface area contributed by atoms with Crippen molar-refractivity contribution >= 4 is 34.1 Å². The number of aromatic nitrogens is 2. The molecule has 0 atom stereocenters. The SMILES string of the molecule is COC(=O)CN(CCc1c[nH]c2ccccc12)C(=O)c1nc(C)sc1-c1cc(C)cc(C)c1. The first-order chi connectivity index (χ1) is 15.9. The van der Waals surface area contributed by atoms with Gasteiger partial charge in [-0.3, -0.25) is 9.59 Å². The quantitative estimate of drug-likeness (QED) is 0.390. The molecule has 170 valence electrons. The summed E-state index contributed by atoms with van der Waals surface area (Å²) in [5.41, 5.74) is 5.74. The fourth-order valence-electron chi connectivity index (χ4n) is 4.09. The Balaban J connectivity index is 1.65. The maximum Gasteiger partial charge on any atom is 0.325 e. The number of nitrogens with zero attached hydrogens (tertiary/aromatic N) is 2. The van der Waals surface area contributed by atoms with Gasteiger partial charge >= 0.3 is 5.97 Å². The van der Waals surface area contributed by atoms with E-state index in [1.165, 1.54) is 23.3 Å². The summed E-state index contributed by atoms with van der Waals surface area (Å²) in [6, 6.07) is 14.3. The fraction of sp³-hybridized carbons (Fsp3) is 0.269. The molecule has 4 aromatic rings. The van der Waals surface area contributed by atoms with Crippen LogP contribution in [-0.4, -0.2) is 46.9 Å². The van der Waals surface area contributed by atoms with Crippen LogP contribution in [0.3, 0.4) is 0 Å². The molecule has 1 N–H and O–H groups in total. The minimum atomic E-state index is -0.456. The second-order valence-corrected chi connectivity index (χ2v) is 9.40. The van der Waals surface area contributed by atoms with Crippen LogP contribution in [0.25, 0.3) is 21.3 Å². The van der Waals surface area contributed by atoms with Gasteiger partial charge in [-0.1, -0.05) is 47.5 Å². The van der Waals surface area contributed by atoms with Crippen molar-refractivity contribution in [1.82, 2.24) is 14.9 Å². The van der Waals surface area contributed by atoms with E-state index in [1.54, 1.807) is 0 Å². The lowest BCUT2D eigenvalue weighted by atomic mass is 10.0. The molecule has 2 aromatic carbocycles. The van der Waals surface area contributed by atoms with Crippen LogP contribution >= 0.6 is 11.3 Å². The molecule has 0 aliphatic rings. The number of H-pyrrole nitrogens is 1. The van der Waals surface area contributed by atoms with Gasteiger partial charge in [-0.05, 0) is 44.4 Å². The number of fused-ring (bicyclic) bond motifs is 1. The molecule has 0 unspecified atom stereocenters. The first-order valence-electron chi connectivity index (χ1n) is 10.8. The first-order valence-corrected chi connectivity index (χ1v) is 11.6. The molecule has 33 heavy (non-hydrogen) atoms. The maximum atomic E-state index is 13.7. The van der Waals surface area contributed by atoms with Crippen LogP contribution in [0.4, 0.5) is 0 Å². The Morgan fingerprint density at radius 3 is 2.55 bits per heavy atom. The minimum Gasteiger partial charge on any atom is -0.468 e. The summed E-state index contributed by atoms with van der Waals surface area (Å²) in [6.07, 6.45) is 2.56. The number of methoxy groups -OCH3 is 1. The van der Waals surface area contributed by atoms with E-state index in [2.05, 4.69) is 34.2 Å². The van der Waals surface area contributed by atoms with E-state index in [0.29, 0.717) is 18.7 Å². The van der Waals surface area contributed by atoms with Crippen LogP contribution in [0.5, 0.6) is 0 Å². The Bertz CT molecular complexity index is 1300. The molecule has 0 aliphatic heterocycles. The number of carbonyl (C=O) groups excluding carboxylic acids is 2. The lowest BCUT2D eigenvalue weighted by molar-refractivity contribution is -0.141. The molecule has 0 bridgehead atoms. The summed E-state index contributed by atoms with van der Waals surface area (Å²) in [5, 5.41) is 1.92. The van der Waals surface area contributed by atoms with Crippen LogP contribution in [-0.2, 0) is 16.0 Å². The van der Waals surface area contributed by atoms with E-state index in [4.69, 9.17) is 4.74 Å². The number of aryl methyl sites for hydroxylation is 3. The largest absolute Gasteiger partial charge is 0.468 e. The number of amides is 1. The van der Waals surface area contributed by atoms with Gasteiger partial charge in [0.15, 0.2) is 0 Å². The van der Waals surface area contributed by atoms with Crippen LogP contribution < -0.4 is 0 Å². The van der Waals surface area contributed by atoms with E-state index in [1.807, 2.05) is 45.2 Å². The van der Waals surface area contributed by atoms with Gasteiger partial charge in [0.2, 0.25) is 0 Å². The number of esters is 1. The highest BCUT2D eigenvalue weighted by Gasteiger charge is 2.26. The summed E-state index contributed by atoms with van der Waals surface area (Å²) in [7, 11) is 1.33. The van der Waals surface area contributed by atoms with Crippen LogP contribution in [0.1, 0.15) is 32.2 Å². The predicted octanol–water partition coefficient (Wildman–Crippen LogP) is 5.07. The van der Waals surface area contributed by atoms with E-state index >= 15 is 0 Å². The molecular formula is C26H27N3O3S. The first kappa shape index (κ1) is 22.7. The highest BCUT2D eigenvalue weighted by Crippen LogP contribution is 2.32. The van der Waals surface area contributed by atoms with Crippen molar-refractivity contribution in [1.29, 1.82) is 0 Å². The summed E-state index contributed by atoms with van der Waals surface area (Å²) >= 11 is 1.49. The second-order valence-electron chi connectivity index (χ2n) is 8.20. The molecule has 0 radical (unpaired) electrons. The number of nitrogens with one attached hydrogen (secondary N) is 1. The topological polar surface area (TPSA) is 75.3 Å². The highest BCUT2D eigenvalue weighted by atomic mass is 32.1. The van der Waals surface area contributed by atoms with E-state index in [-0.39, 0.29) is 12.5 Å². The van der Waals surface area contributed by atoms with Crippen molar-refractivity contribution in [3.63, 3.8) is 0 Å². The number of hydrogen-bond acceptors (Lipinski definition) is 5. The lowest BCUT2D eigenvalue weighted by Crippen LogP contribution is -2.38. The molecule has 6 nitrogen and oxygen atoms in total. The molecule has 0 spiro atoms. The maximum absolute atomic E-state index is 13.7. The number of para-hydroxylation sites is 1. The summed E-state index contributed by atoms with van der Waals surface area (Å²) in [6.45, 7) is 6.22. The Hall–Kier alpha value is -3.45. The number of rotatable bonds is 7. The van der Waals surface area contributed by atoms with Crippen molar-refractivity contribution in [2.24, 2.45) is 0 Å². The lowest BCUT2D eigenvalue weighted by Gasteiger charge is -2.21. The Labute approximate surface area is 197 Å². The van der Waals surface area contributed by atoms with E-state index < -0.39 is 5.97 Å².